The molecule has 0 aromatic carbocycles. The van der Waals surface area contributed by atoms with Crippen molar-refractivity contribution in [3.05, 3.63) is 0 Å². The lowest BCUT2D eigenvalue weighted by atomic mass is 9.65. The Morgan fingerprint density at radius 3 is 2.21 bits per heavy atom. The second-order valence-electron chi connectivity index (χ2n) is 13.7. The molecule has 39 heavy (non-hydrogen) atoms. The van der Waals surface area contributed by atoms with Gasteiger partial charge < -0.3 is 9.80 Å². The fourth-order valence-electron chi connectivity index (χ4n) is 6.48. The van der Waals surface area contributed by atoms with Crippen molar-refractivity contribution in [3.63, 3.8) is 0 Å². The second kappa shape index (κ2) is 18.1. The predicted molar refractivity (Wildman–Crippen MR) is 167 cm³/mol. The van der Waals surface area contributed by atoms with Crippen LogP contribution in [0.15, 0.2) is 0 Å². The van der Waals surface area contributed by atoms with Gasteiger partial charge in [0.15, 0.2) is 0 Å². The molecule has 2 atom stereocenters. The minimum Gasteiger partial charge on any atom is -0.342 e. The van der Waals surface area contributed by atoms with Crippen LogP contribution in [0.4, 0.5) is 0 Å². The Balaban J connectivity index is 0.00000139. The number of likely N-dealkylation sites (tertiary alicyclic amines) is 1. The van der Waals surface area contributed by atoms with Crippen LogP contribution in [-0.4, -0.2) is 47.6 Å². The van der Waals surface area contributed by atoms with Gasteiger partial charge in [0.2, 0.25) is 11.8 Å². The van der Waals surface area contributed by atoms with E-state index < -0.39 is 5.41 Å². The van der Waals surface area contributed by atoms with E-state index in [9.17, 15) is 9.59 Å². The van der Waals surface area contributed by atoms with Crippen molar-refractivity contribution >= 4 is 17.6 Å². The van der Waals surface area contributed by atoms with Crippen LogP contribution >= 0.6 is 0 Å². The standard InChI is InChI=1S/C29H53N3O2.C5H12/c1-6-8-13-18-29(20-21-32(23-29)26(33)16-9-7-2)22-28(4,27(34)31(5)24(3)30)19-17-25-14-11-10-12-15-25;1-4-5(2)3/h25,30H,6-23H2,1-5H3;5H,4H2,1-3H3. The molecular weight excluding hydrogens is 482 g/mol. The highest BCUT2D eigenvalue weighted by Crippen LogP contribution is 2.48. The van der Waals surface area contributed by atoms with Gasteiger partial charge in [0, 0.05) is 32.0 Å². The van der Waals surface area contributed by atoms with E-state index in [1.807, 2.05) is 0 Å². The first-order valence-electron chi connectivity index (χ1n) is 16.5. The molecule has 228 valence electrons. The lowest BCUT2D eigenvalue weighted by molar-refractivity contribution is -0.139. The quantitative estimate of drug-likeness (QED) is 0.134. The zero-order chi connectivity index (χ0) is 29.5. The van der Waals surface area contributed by atoms with Gasteiger partial charge in [0.1, 0.15) is 0 Å². The average Bonchev–Trinajstić information content (AvgIpc) is 3.34. The van der Waals surface area contributed by atoms with Crippen molar-refractivity contribution in [2.24, 2.45) is 22.7 Å². The number of carbonyl (C=O) groups is 2. The molecular formula is C34H65N3O2. The number of amides is 2. The van der Waals surface area contributed by atoms with Gasteiger partial charge in [-0.05, 0) is 62.7 Å². The molecule has 1 N–H and O–H groups in total. The Labute approximate surface area is 242 Å². The van der Waals surface area contributed by atoms with Gasteiger partial charge in [0.05, 0.1) is 5.84 Å². The van der Waals surface area contributed by atoms with E-state index in [2.05, 4.69) is 46.4 Å². The van der Waals surface area contributed by atoms with Crippen molar-refractivity contribution in [2.45, 2.75) is 158 Å². The lowest BCUT2D eigenvalue weighted by Gasteiger charge is -2.41. The summed E-state index contributed by atoms with van der Waals surface area (Å²) in [7, 11) is 1.77. The van der Waals surface area contributed by atoms with Crippen LogP contribution in [0.1, 0.15) is 158 Å². The van der Waals surface area contributed by atoms with E-state index in [1.165, 1.54) is 57.8 Å². The zero-order valence-electron chi connectivity index (χ0n) is 27.3. The first kappa shape index (κ1) is 35.6. The summed E-state index contributed by atoms with van der Waals surface area (Å²) in [6, 6.07) is 0. The Bertz CT molecular complexity index is 730. The van der Waals surface area contributed by atoms with Crippen molar-refractivity contribution in [1.82, 2.24) is 9.80 Å². The summed E-state index contributed by atoms with van der Waals surface area (Å²) in [5, 5.41) is 8.11. The molecule has 2 aliphatic rings. The number of unbranched alkanes of at least 4 members (excludes halogenated alkanes) is 3. The average molecular weight is 548 g/mol. The Kier molecular flexibility index (Phi) is 16.6. The number of hydrogen-bond acceptors (Lipinski definition) is 3. The van der Waals surface area contributed by atoms with Gasteiger partial charge in [-0.1, -0.05) is 106 Å². The molecule has 0 aromatic heterocycles. The molecule has 0 spiro atoms. The van der Waals surface area contributed by atoms with Crippen LogP contribution in [0, 0.1) is 28.1 Å². The Morgan fingerprint density at radius 1 is 1.05 bits per heavy atom. The highest BCUT2D eigenvalue weighted by Gasteiger charge is 2.47. The highest BCUT2D eigenvalue weighted by molar-refractivity contribution is 5.97. The van der Waals surface area contributed by atoms with Gasteiger partial charge in [-0.15, -0.1) is 0 Å². The van der Waals surface area contributed by atoms with E-state index >= 15 is 0 Å². The summed E-state index contributed by atoms with van der Waals surface area (Å²) in [5.74, 6) is 2.33. The third kappa shape index (κ3) is 12.3. The number of carbonyl (C=O) groups excluding carboxylic acids is 2. The van der Waals surface area contributed by atoms with Crippen molar-refractivity contribution in [3.8, 4) is 0 Å². The van der Waals surface area contributed by atoms with Gasteiger partial charge >= 0.3 is 0 Å². The topological polar surface area (TPSA) is 64.5 Å². The molecule has 2 amide bonds. The number of amidine groups is 1. The SMILES string of the molecule is CCC(C)C.CCCCCC1(CC(C)(CCC2CCCCC2)C(=O)N(C)C(C)=N)CCN(C(=O)CCCC)C1. The summed E-state index contributed by atoms with van der Waals surface area (Å²) in [4.78, 5) is 30.3. The highest BCUT2D eigenvalue weighted by atomic mass is 16.2. The lowest BCUT2D eigenvalue weighted by Crippen LogP contribution is -2.46. The normalized spacial score (nSPS) is 21.3. The minimum absolute atomic E-state index is 0.0186. The van der Waals surface area contributed by atoms with Crippen LogP contribution in [0.5, 0.6) is 0 Å². The van der Waals surface area contributed by atoms with Crippen LogP contribution in [0.25, 0.3) is 0 Å². The molecule has 2 fully saturated rings. The van der Waals surface area contributed by atoms with Crippen molar-refractivity contribution in [2.75, 3.05) is 20.1 Å². The Morgan fingerprint density at radius 2 is 1.67 bits per heavy atom. The molecule has 1 aliphatic carbocycles. The molecule has 1 saturated carbocycles. The number of rotatable bonds is 14. The van der Waals surface area contributed by atoms with E-state index in [-0.39, 0.29) is 11.3 Å². The molecule has 0 radical (unpaired) electrons. The molecule has 5 nitrogen and oxygen atoms in total. The minimum atomic E-state index is -0.483. The summed E-state index contributed by atoms with van der Waals surface area (Å²) < 4.78 is 0. The van der Waals surface area contributed by atoms with Gasteiger partial charge in [-0.25, -0.2) is 0 Å². The summed E-state index contributed by atoms with van der Waals surface area (Å²) in [6.45, 7) is 16.5. The third-order valence-electron chi connectivity index (χ3n) is 9.58. The maximum absolute atomic E-state index is 13.8. The molecule has 5 heteroatoms. The molecule has 1 aliphatic heterocycles. The number of nitrogens with one attached hydrogen (secondary N) is 1. The smallest absolute Gasteiger partial charge is 0.233 e. The largest absolute Gasteiger partial charge is 0.342 e. The van der Waals surface area contributed by atoms with Crippen LogP contribution in [0.2, 0.25) is 0 Å². The molecule has 0 aromatic rings. The van der Waals surface area contributed by atoms with Crippen LogP contribution < -0.4 is 0 Å². The van der Waals surface area contributed by atoms with E-state index in [4.69, 9.17) is 5.41 Å². The van der Waals surface area contributed by atoms with E-state index in [0.29, 0.717) is 18.2 Å². The number of nitrogens with zero attached hydrogens (tertiary/aromatic N) is 2. The molecule has 2 rings (SSSR count). The first-order valence-corrected chi connectivity index (χ1v) is 16.5. The van der Waals surface area contributed by atoms with Crippen LogP contribution in [-0.2, 0) is 9.59 Å². The summed E-state index contributed by atoms with van der Waals surface area (Å²) in [5.41, 5.74) is -0.464. The molecule has 1 heterocycles. The monoisotopic (exact) mass is 548 g/mol. The summed E-state index contributed by atoms with van der Waals surface area (Å²) in [6.07, 6.45) is 19.1. The van der Waals surface area contributed by atoms with Gasteiger partial charge in [0.25, 0.3) is 0 Å². The number of hydrogen-bond donors (Lipinski definition) is 1. The van der Waals surface area contributed by atoms with Gasteiger partial charge in [-0.2, -0.15) is 0 Å². The fourth-order valence-corrected chi connectivity index (χ4v) is 6.48. The predicted octanol–water partition coefficient (Wildman–Crippen LogP) is 9.24. The maximum atomic E-state index is 13.8. The van der Waals surface area contributed by atoms with E-state index in [1.54, 1.807) is 18.9 Å². The second-order valence-corrected chi connectivity index (χ2v) is 13.7. The van der Waals surface area contributed by atoms with Crippen molar-refractivity contribution in [1.29, 1.82) is 5.41 Å². The first-order chi connectivity index (χ1) is 18.4. The van der Waals surface area contributed by atoms with Crippen LogP contribution in [0.3, 0.4) is 0 Å². The maximum Gasteiger partial charge on any atom is 0.233 e. The van der Waals surface area contributed by atoms with Crippen molar-refractivity contribution < 1.29 is 9.59 Å². The molecule has 0 bridgehead atoms. The summed E-state index contributed by atoms with van der Waals surface area (Å²) >= 11 is 0. The molecule has 2 unspecified atom stereocenters. The third-order valence-corrected chi connectivity index (χ3v) is 9.58. The molecule has 1 saturated heterocycles. The van der Waals surface area contributed by atoms with Gasteiger partial charge in [-0.3, -0.25) is 15.0 Å². The fraction of sp³-hybridized carbons (Fsp3) is 0.912. The Hall–Kier alpha value is -1.39. The van der Waals surface area contributed by atoms with E-state index in [0.717, 1.165) is 69.9 Å². The zero-order valence-corrected chi connectivity index (χ0v) is 27.3.